The standard InChI is InChI=1S/C9H14O7S.2C4H9.Sn/c10-3-4-6(13)7(14)8(15)9(16-4)17-2-1-5(11)12;2*1-3-4-2;/h4,6-10,15H,1-3H2,(H,11,12);2*1,3-4H2,2H3;/q-2;;;+2/t4?,6-,7-,8?,9-;;;/m0.../s1. The number of hydrogen-bond acceptors (Lipinski definition) is 7. The maximum absolute atomic E-state index is 10.8. The Morgan fingerprint density at radius 3 is 2.27 bits per heavy atom. The van der Waals surface area contributed by atoms with Crippen molar-refractivity contribution < 1.29 is 31.0 Å². The molecular formula is C17H32O7SSn. The van der Waals surface area contributed by atoms with Crippen molar-refractivity contribution >= 4 is 36.9 Å². The molecule has 2 fully saturated rings. The molecule has 0 spiro atoms. The molecule has 9 heteroatoms. The summed E-state index contributed by atoms with van der Waals surface area (Å²) in [5.74, 6) is -0.540. The summed E-state index contributed by atoms with van der Waals surface area (Å²) in [7, 11) is 0. The molecule has 0 amide bonds. The van der Waals surface area contributed by atoms with Gasteiger partial charge in [0.15, 0.2) is 0 Å². The third-order valence-corrected chi connectivity index (χ3v) is 16.4. The average molecular weight is 499 g/mol. The van der Waals surface area contributed by atoms with Gasteiger partial charge >= 0.3 is 165 Å². The second-order valence-electron chi connectivity index (χ2n) is 7.01. The second kappa shape index (κ2) is 10.8. The monoisotopic (exact) mass is 500 g/mol. The third kappa shape index (κ3) is 5.71. The molecule has 2 rings (SSSR count). The molecule has 2 aliphatic rings. The number of aliphatic hydroxyl groups is 2. The van der Waals surface area contributed by atoms with Gasteiger partial charge in [0, 0.05) is 0 Å². The molecule has 0 saturated carbocycles. The molecular weight excluding hydrogens is 467 g/mol. The topological polar surface area (TPSA) is 105 Å². The molecule has 0 aromatic heterocycles. The van der Waals surface area contributed by atoms with Gasteiger partial charge in [-0.3, -0.25) is 0 Å². The van der Waals surface area contributed by atoms with Gasteiger partial charge in [-0.15, -0.1) is 0 Å². The van der Waals surface area contributed by atoms with E-state index >= 15 is 0 Å². The molecule has 26 heavy (non-hydrogen) atoms. The molecule has 5 atom stereocenters. The van der Waals surface area contributed by atoms with Gasteiger partial charge in [0.2, 0.25) is 0 Å². The molecule has 2 saturated heterocycles. The summed E-state index contributed by atoms with van der Waals surface area (Å²) in [5, 5.41) is 29.3. The van der Waals surface area contributed by atoms with Crippen LogP contribution in [0.4, 0.5) is 0 Å². The third-order valence-electron chi connectivity index (χ3n) is 4.92. The van der Waals surface area contributed by atoms with Crippen LogP contribution in [0.5, 0.6) is 0 Å². The molecule has 3 N–H and O–H groups in total. The predicted octanol–water partition coefficient (Wildman–Crippen LogP) is 2.10. The second-order valence-corrected chi connectivity index (χ2v) is 17.6. The van der Waals surface area contributed by atoms with Crippen molar-refractivity contribution in [1.29, 1.82) is 0 Å². The molecule has 0 aromatic rings. The van der Waals surface area contributed by atoms with E-state index in [4.69, 9.17) is 16.0 Å². The van der Waals surface area contributed by atoms with Crippen molar-refractivity contribution in [2.24, 2.45) is 0 Å². The molecule has 0 bridgehead atoms. The number of rotatable bonds is 11. The summed E-state index contributed by atoms with van der Waals surface area (Å²) < 4.78 is 20.7. The molecule has 0 radical (unpaired) electrons. The number of hydrogen-bond donors (Lipinski definition) is 3. The zero-order valence-corrected chi connectivity index (χ0v) is 19.3. The number of carboxylic acid groups (broad SMARTS) is 1. The van der Waals surface area contributed by atoms with Gasteiger partial charge in [0.25, 0.3) is 0 Å². The van der Waals surface area contributed by atoms with E-state index in [0.717, 1.165) is 34.6 Å². The number of fused-ring (bicyclic) bond motifs is 1. The Morgan fingerprint density at radius 1 is 1.12 bits per heavy atom. The molecule has 7 nitrogen and oxygen atoms in total. The molecule has 0 aliphatic carbocycles. The minimum atomic E-state index is -3.31. The average Bonchev–Trinajstić information content (AvgIpc) is 3.00. The number of thioether (sulfide) groups is 1. The van der Waals surface area contributed by atoms with E-state index in [1.165, 1.54) is 11.8 Å². The summed E-state index contributed by atoms with van der Waals surface area (Å²) >= 11 is -2.04. The summed E-state index contributed by atoms with van der Waals surface area (Å²) in [6, 6.07) is 0. The van der Waals surface area contributed by atoms with Gasteiger partial charge in [-0.2, -0.15) is 0 Å². The Labute approximate surface area is 164 Å². The van der Waals surface area contributed by atoms with E-state index < -0.39 is 55.0 Å². The van der Waals surface area contributed by atoms with Crippen LogP contribution in [0, 0.1) is 0 Å². The number of aliphatic carboxylic acids is 1. The van der Waals surface area contributed by atoms with Crippen LogP contribution in [0.1, 0.15) is 46.0 Å². The maximum atomic E-state index is 10.8. The number of unbranched alkanes of at least 4 members (excludes halogenated alkanes) is 2. The Balaban J connectivity index is 2.09. The van der Waals surface area contributed by atoms with Crippen molar-refractivity contribution in [3.05, 3.63) is 0 Å². The zero-order valence-electron chi connectivity index (χ0n) is 15.6. The Bertz CT molecular complexity index is 445. The van der Waals surface area contributed by atoms with E-state index in [2.05, 4.69) is 13.8 Å². The summed E-state index contributed by atoms with van der Waals surface area (Å²) in [5.41, 5.74) is -0.601. The van der Waals surface area contributed by atoms with Gasteiger partial charge in [-0.05, 0) is 0 Å². The van der Waals surface area contributed by atoms with Crippen molar-refractivity contribution in [1.82, 2.24) is 0 Å². The number of aliphatic hydroxyl groups excluding tert-OH is 2. The normalized spacial score (nSPS) is 33.2. The fourth-order valence-corrected chi connectivity index (χ4v) is 16.3. The summed E-state index contributed by atoms with van der Waals surface area (Å²) in [6.45, 7) is 4.09. The van der Waals surface area contributed by atoms with E-state index in [9.17, 15) is 15.0 Å². The molecule has 2 unspecified atom stereocenters. The van der Waals surface area contributed by atoms with Crippen LogP contribution in [0.3, 0.4) is 0 Å². The van der Waals surface area contributed by atoms with Gasteiger partial charge < -0.3 is 0 Å². The van der Waals surface area contributed by atoms with Crippen LogP contribution in [0.25, 0.3) is 0 Å². The van der Waals surface area contributed by atoms with Gasteiger partial charge in [-0.1, -0.05) is 0 Å². The SMILES string of the molecule is CCC[CH2][Sn]1([CH2]CCC)[O][C@@H]2C(O)[C@H](SCCC(=O)O)OC(CO)[C@@H]2[O]1. The van der Waals surface area contributed by atoms with Crippen molar-refractivity contribution in [3.63, 3.8) is 0 Å². The van der Waals surface area contributed by atoms with Gasteiger partial charge in [0.05, 0.1) is 0 Å². The Hall–Kier alpha value is 0.419. The summed E-state index contributed by atoms with van der Waals surface area (Å²) in [4.78, 5) is 10.7. The first kappa shape index (κ1) is 22.7. The van der Waals surface area contributed by atoms with E-state index in [-0.39, 0.29) is 13.0 Å². The first-order chi connectivity index (χ1) is 12.5. The van der Waals surface area contributed by atoms with Crippen LogP contribution in [-0.2, 0) is 15.7 Å². The molecule has 152 valence electrons. The molecule has 2 aliphatic heterocycles. The first-order valence-electron chi connectivity index (χ1n) is 9.59. The van der Waals surface area contributed by atoms with Crippen molar-refractivity contribution in [3.8, 4) is 0 Å². The van der Waals surface area contributed by atoms with Crippen LogP contribution >= 0.6 is 11.8 Å². The van der Waals surface area contributed by atoms with Crippen molar-refractivity contribution in [2.45, 2.75) is 84.7 Å². The van der Waals surface area contributed by atoms with E-state index in [1.807, 2.05) is 0 Å². The quantitative estimate of drug-likeness (QED) is 0.372. The molecule has 2 heterocycles. The van der Waals surface area contributed by atoms with E-state index in [1.54, 1.807) is 0 Å². The number of carboxylic acids is 1. The van der Waals surface area contributed by atoms with Gasteiger partial charge in [-0.25, -0.2) is 0 Å². The Morgan fingerprint density at radius 2 is 1.73 bits per heavy atom. The zero-order chi connectivity index (χ0) is 19.2. The van der Waals surface area contributed by atoms with Crippen LogP contribution in [0.15, 0.2) is 0 Å². The van der Waals surface area contributed by atoms with Crippen LogP contribution in [0.2, 0.25) is 8.87 Å². The van der Waals surface area contributed by atoms with E-state index in [0.29, 0.717) is 5.75 Å². The number of ether oxygens (including phenoxy) is 1. The van der Waals surface area contributed by atoms with Crippen molar-refractivity contribution in [2.75, 3.05) is 12.4 Å². The minimum absolute atomic E-state index is 0.00264. The van der Waals surface area contributed by atoms with Crippen LogP contribution in [-0.4, -0.2) is 82.7 Å². The fourth-order valence-electron chi connectivity index (χ4n) is 3.49. The fraction of sp³-hybridized carbons (Fsp3) is 0.941. The Kier molecular flexibility index (Phi) is 9.45. The van der Waals surface area contributed by atoms with Gasteiger partial charge in [0.1, 0.15) is 0 Å². The summed E-state index contributed by atoms with van der Waals surface area (Å²) in [6.07, 6.45) is 1.95. The first-order valence-corrected chi connectivity index (χ1v) is 17.0. The predicted molar refractivity (Wildman–Crippen MR) is 101 cm³/mol. The van der Waals surface area contributed by atoms with Crippen LogP contribution < -0.4 is 0 Å². The molecule has 0 aromatic carbocycles. The number of carbonyl (C=O) groups is 1.